The average Bonchev–Trinajstić information content (AvgIpc) is 2.72. The van der Waals surface area contributed by atoms with Crippen molar-refractivity contribution in [3.05, 3.63) is 89.5 Å². The van der Waals surface area contributed by atoms with Gasteiger partial charge in [0, 0.05) is 10.0 Å². The summed E-state index contributed by atoms with van der Waals surface area (Å²) in [5.41, 5.74) is -2.23. The van der Waals surface area contributed by atoms with Crippen molar-refractivity contribution in [1.82, 2.24) is 0 Å². The minimum atomic E-state index is -5.01. The highest BCUT2D eigenvalue weighted by molar-refractivity contribution is 6.41. The number of hydrogen-bond donors (Lipinski definition) is 0. The van der Waals surface area contributed by atoms with Crippen LogP contribution in [0.15, 0.2) is 42.5 Å². The Bertz CT molecular complexity index is 1250. The van der Waals surface area contributed by atoms with Gasteiger partial charge in [-0.3, -0.25) is 9.59 Å². The fourth-order valence-corrected chi connectivity index (χ4v) is 4.67. The molecule has 0 unspecified atom stereocenters. The Morgan fingerprint density at radius 1 is 0.667 bits per heavy atom. The van der Waals surface area contributed by atoms with E-state index in [1.54, 1.807) is 0 Å². The molecule has 3 aromatic rings. The summed E-state index contributed by atoms with van der Waals surface area (Å²) < 4.78 is 64.2. The summed E-state index contributed by atoms with van der Waals surface area (Å²) in [4.78, 5) is 26.1. The van der Waals surface area contributed by atoms with Crippen molar-refractivity contribution in [3.8, 4) is 11.5 Å². The van der Waals surface area contributed by atoms with E-state index in [4.69, 9.17) is 79.1 Å². The molecule has 4 nitrogen and oxygen atoms in total. The van der Waals surface area contributed by atoms with Crippen LogP contribution in [0, 0.1) is 5.82 Å². The van der Waals surface area contributed by atoms with Crippen molar-refractivity contribution in [2.75, 3.05) is 0 Å². The van der Waals surface area contributed by atoms with E-state index in [0.717, 1.165) is 24.3 Å². The van der Waals surface area contributed by atoms with Crippen LogP contribution in [0.3, 0.4) is 0 Å². The molecule has 0 atom stereocenters. The number of carbonyl (C=O) groups is 2. The third-order valence-corrected chi connectivity index (χ3v) is 5.94. The summed E-state index contributed by atoms with van der Waals surface area (Å²) >= 11 is 35.6. The first kappa shape index (κ1) is 28.6. The zero-order valence-electron chi connectivity index (χ0n) is 17.0. The van der Waals surface area contributed by atoms with Crippen molar-refractivity contribution >= 4 is 81.5 Å². The van der Waals surface area contributed by atoms with E-state index in [1.165, 1.54) is 0 Å². The average molecular weight is 625 g/mol. The lowest BCUT2D eigenvalue weighted by molar-refractivity contribution is -0.147. The SMILES string of the molecule is O=C(Oc1c(Cl)cc(Cl)cc1Cl)C(C(=O)Oc1c(Cl)cc(Cl)cc1Cl)c1cc(F)cc(C(F)(F)F)c1. The molecular formula is C22H8Cl6F4O4. The van der Waals surface area contributed by atoms with Gasteiger partial charge in [-0.25, -0.2) is 4.39 Å². The van der Waals surface area contributed by atoms with E-state index in [9.17, 15) is 27.2 Å². The monoisotopic (exact) mass is 622 g/mol. The molecule has 0 amide bonds. The summed E-state index contributed by atoms with van der Waals surface area (Å²) in [6.45, 7) is 0. The van der Waals surface area contributed by atoms with Crippen LogP contribution in [0.5, 0.6) is 11.5 Å². The molecule has 14 heteroatoms. The highest BCUT2D eigenvalue weighted by atomic mass is 35.5. The molecule has 36 heavy (non-hydrogen) atoms. The number of carbonyl (C=O) groups excluding carboxylic acids is 2. The second-order valence-corrected chi connectivity index (χ2v) is 9.44. The largest absolute Gasteiger partial charge is 0.422 e. The lowest BCUT2D eigenvalue weighted by Gasteiger charge is -2.19. The first-order valence-corrected chi connectivity index (χ1v) is 11.5. The molecule has 3 aromatic carbocycles. The van der Waals surface area contributed by atoms with E-state index in [-0.39, 0.29) is 36.2 Å². The predicted molar refractivity (Wildman–Crippen MR) is 128 cm³/mol. The normalized spacial score (nSPS) is 11.5. The summed E-state index contributed by atoms with van der Waals surface area (Å²) in [5.74, 6) is -7.60. The molecule has 190 valence electrons. The summed E-state index contributed by atoms with van der Waals surface area (Å²) in [7, 11) is 0. The topological polar surface area (TPSA) is 52.6 Å². The minimum Gasteiger partial charge on any atom is -0.422 e. The number of ether oxygens (including phenoxy) is 2. The highest BCUT2D eigenvalue weighted by Crippen LogP contribution is 2.40. The van der Waals surface area contributed by atoms with Gasteiger partial charge in [-0.2, -0.15) is 13.2 Å². The minimum absolute atomic E-state index is 0.0766. The molecule has 0 heterocycles. The van der Waals surface area contributed by atoms with Crippen LogP contribution in [0.1, 0.15) is 17.0 Å². The Kier molecular flexibility index (Phi) is 8.91. The van der Waals surface area contributed by atoms with Crippen LogP contribution < -0.4 is 9.47 Å². The molecule has 0 aromatic heterocycles. The Balaban J connectivity index is 2.10. The van der Waals surface area contributed by atoms with E-state index in [1.807, 2.05) is 0 Å². The van der Waals surface area contributed by atoms with Crippen LogP contribution in [0.4, 0.5) is 17.6 Å². The van der Waals surface area contributed by atoms with Gasteiger partial charge in [0.15, 0.2) is 17.4 Å². The lowest BCUT2D eigenvalue weighted by atomic mass is 9.96. The number of alkyl halides is 3. The van der Waals surface area contributed by atoms with E-state index in [0.29, 0.717) is 12.1 Å². The van der Waals surface area contributed by atoms with Gasteiger partial charge in [-0.15, -0.1) is 0 Å². The van der Waals surface area contributed by atoms with Gasteiger partial charge < -0.3 is 9.47 Å². The molecule has 0 fully saturated rings. The quantitative estimate of drug-likeness (QED) is 0.123. The van der Waals surface area contributed by atoms with Gasteiger partial charge >= 0.3 is 18.1 Å². The molecule has 0 aliphatic rings. The van der Waals surface area contributed by atoms with Gasteiger partial charge in [0.25, 0.3) is 0 Å². The van der Waals surface area contributed by atoms with Crippen LogP contribution in [-0.4, -0.2) is 11.9 Å². The summed E-state index contributed by atoms with van der Waals surface area (Å²) in [6, 6.07) is 5.70. The first-order valence-electron chi connectivity index (χ1n) is 9.27. The molecular weight excluding hydrogens is 617 g/mol. The lowest BCUT2D eigenvalue weighted by Crippen LogP contribution is -2.30. The number of esters is 2. The zero-order valence-corrected chi connectivity index (χ0v) is 21.6. The Morgan fingerprint density at radius 2 is 1.06 bits per heavy atom. The Labute approximate surface area is 230 Å². The molecule has 0 bridgehead atoms. The van der Waals surface area contributed by atoms with Gasteiger partial charge in [-0.1, -0.05) is 69.6 Å². The van der Waals surface area contributed by atoms with Crippen molar-refractivity contribution in [3.63, 3.8) is 0 Å². The number of benzene rings is 3. The second kappa shape index (κ2) is 11.2. The molecule has 0 aliphatic heterocycles. The van der Waals surface area contributed by atoms with Gasteiger partial charge in [0.1, 0.15) is 5.82 Å². The molecule has 0 radical (unpaired) electrons. The second-order valence-electron chi connectivity index (χ2n) is 6.94. The molecule has 3 rings (SSSR count). The smallest absolute Gasteiger partial charge is 0.416 e. The van der Waals surface area contributed by atoms with Crippen LogP contribution >= 0.6 is 69.6 Å². The van der Waals surface area contributed by atoms with E-state index in [2.05, 4.69) is 0 Å². The molecule has 0 saturated heterocycles. The molecule has 0 spiro atoms. The first-order chi connectivity index (χ1) is 16.7. The molecule has 0 saturated carbocycles. The van der Waals surface area contributed by atoms with E-state index >= 15 is 0 Å². The van der Waals surface area contributed by atoms with Crippen LogP contribution in [0.25, 0.3) is 0 Å². The predicted octanol–water partition coefficient (Wildman–Crippen LogP) is 9.06. The maximum Gasteiger partial charge on any atom is 0.416 e. The maximum absolute atomic E-state index is 14.1. The Morgan fingerprint density at radius 3 is 1.42 bits per heavy atom. The van der Waals surface area contributed by atoms with E-state index < -0.39 is 52.5 Å². The third-order valence-electron chi connectivity index (χ3n) is 4.38. The number of halogens is 10. The van der Waals surface area contributed by atoms with Crippen LogP contribution in [0.2, 0.25) is 30.1 Å². The fraction of sp³-hybridized carbons (Fsp3) is 0.0909. The summed E-state index contributed by atoms with van der Waals surface area (Å²) in [6.07, 6.45) is -5.01. The van der Waals surface area contributed by atoms with Crippen molar-refractivity contribution in [2.24, 2.45) is 0 Å². The fourth-order valence-electron chi connectivity index (χ4n) is 2.88. The standard InChI is InChI=1S/C22H8Cl6F4O4/c23-10-4-13(25)18(14(26)5-10)35-20(33)17(8-1-9(22(30,31)32)3-12(29)2-8)21(34)36-19-15(27)6-11(24)7-16(19)28/h1-7,17H. The van der Waals surface area contributed by atoms with Gasteiger partial charge in [0.05, 0.1) is 25.7 Å². The summed E-state index contributed by atoms with van der Waals surface area (Å²) in [5, 5.41) is -0.876. The van der Waals surface area contributed by atoms with Crippen molar-refractivity contribution < 1.29 is 36.6 Å². The Hall–Kier alpha value is -1.94. The van der Waals surface area contributed by atoms with Gasteiger partial charge in [-0.05, 0) is 48.0 Å². The number of rotatable bonds is 5. The molecule has 0 aliphatic carbocycles. The van der Waals surface area contributed by atoms with Crippen molar-refractivity contribution in [1.29, 1.82) is 0 Å². The number of hydrogen-bond acceptors (Lipinski definition) is 4. The van der Waals surface area contributed by atoms with Crippen LogP contribution in [-0.2, 0) is 15.8 Å². The third kappa shape index (κ3) is 6.68. The maximum atomic E-state index is 14.1. The zero-order chi connectivity index (χ0) is 26.9. The van der Waals surface area contributed by atoms with Gasteiger partial charge in [0.2, 0.25) is 0 Å². The molecule has 0 N–H and O–H groups in total. The van der Waals surface area contributed by atoms with Crippen molar-refractivity contribution in [2.45, 2.75) is 12.1 Å². The highest BCUT2D eigenvalue weighted by Gasteiger charge is 2.38.